The molecule has 34 heavy (non-hydrogen) atoms. The maximum absolute atomic E-state index is 12.8. The van der Waals surface area contributed by atoms with Crippen LogP contribution in [0.5, 0.6) is 0 Å². The molecule has 1 saturated carbocycles. The fourth-order valence-electron chi connectivity index (χ4n) is 3.93. The lowest BCUT2D eigenvalue weighted by molar-refractivity contribution is -0.129. The van der Waals surface area contributed by atoms with Gasteiger partial charge in [-0.25, -0.2) is 9.97 Å². The number of aliphatic imine (C=N–C) groups is 1. The number of hydrogen-bond acceptors (Lipinski definition) is 6. The Morgan fingerprint density at radius 2 is 1.79 bits per heavy atom. The number of nitrogens with two attached hydrogens (primary N) is 1. The quantitative estimate of drug-likeness (QED) is 0.408. The number of amides is 2. The summed E-state index contributed by atoms with van der Waals surface area (Å²) >= 11 is 0. The highest BCUT2D eigenvalue weighted by Crippen LogP contribution is 2.44. The third kappa shape index (κ3) is 4.52. The van der Waals surface area contributed by atoms with Gasteiger partial charge in [0, 0.05) is 45.3 Å². The predicted octanol–water partition coefficient (Wildman–Crippen LogP) is 2.09. The average Bonchev–Trinajstić information content (AvgIpc) is 3.27. The molecule has 0 radical (unpaired) electrons. The van der Waals surface area contributed by atoms with E-state index in [-0.39, 0.29) is 12.5 Å². The molecule has 2 amide bonds. The van der Waals surface area contributed by atoms with Crippen molar-refractivity contribution >= 4 is 23.6 Å². The van der Waals surface area contributed by atoms with Crippen molar-refractivity contribution in [3.05, 3.63) is 60.2 Å². The van der Waals surface area contributed by atoms with Gasteiger partial charge in [-0.1, -0.05) is 30.7 Å². The van der Waals surface area contributed by atoms with E-state index in [1.54, 1.807) is 33.5 Å². The lowest BCUT2D eigenvalue weighted by Crippen LogP contribution is -2.47. The van der Waals surface area contributed by atoms with Gasteiger partial charge in [0.15, 0.2) is 0 Å². The highest BCUT2D eigenvalue weighted by Gasteiger charge is 2.42. The third-order valence-corrected chi connectivity index (χ3v) is 6.24. The Hall–Kier alpha value is -4.08. The molecular weight excluding hydrogens is 432 g/mol. The van der Waals surface area contributed by atoms with Crippen LogP contribution in [-0.4, -0.2) is 63.4 Å². The van der Waals surface area contributed by atoms with Crippen LogP contribution in [0.2, 0.25) is 0 Å². The topological polar surface area (TPSA) is 131 Å². The first-order valence-corrected chi connectivity index (χ1v) is 11.0. The first kappa shape index (κ1) is 23.1. The SMILES string of the molecule is CNc1ncc(-c2ccc(C3(C(N)=NC(=O)c4cnn(CC(=O)N(C)C)c4)CCC3)cc2)cn1. The highest BCUT2D eigenvalue weighted by molar-refractivity contribution is 6.06. The van der Waals surface area contributed by atoms with Crippen LogP contribution in [0.4, 0.5) is 5.95 Å². The summed E-state index contributed by atoms with van der Waals surface area (Å²) in [6.07, 6.45) is 9.13. The van der Waals surface area contributed by atoms with Crippen molar-refractivity contribution in [1.29, 1.82) is 0 Å². The molecule has 0 unspecified atom stereocenters. The van der Waals surface area contributed by atoms with Gasteiger partial charge in [-0.15, -0.1) is 0 Å². The Bertz CT molecular complexity index is 1210. The van der Waals surface area contributed by atoms with Crippen LogP contribution < -0.4 is 11.1 Å². The molecule has 4 rings (SSSR count). The minimum Gasteiger partial charge on any atom is -0.386 e. The number of nitrogens with one attached hydrogen (secondary N) is 1. The molecule has 0 spiro atoms. The molecule has 1 aliphatic rings. The van der Waals surface area contributed by atoms with Crippen molar-refractivity contribution in [2.75, 3.05) is 26.5 Å². The number of anilines is 1. The smallest absolute Gasteiger partial charge is 0.281 e. The summed E-state index contributed by atoms with van der Waals surface area (Å²) in [6.45, 7) is 0.0541. The summed E-state index contributed by atoms with van der Waals surface area (Å²) in [5.41, 5.74) is 9.17. The molecule has 1 aliphatic carbocycles. The number of carbonyl (C=O) groups is 2. The van der Waals surface area contributed by atoms with E-state index in [2.05, 4.69) is 25.4 Å². The van der Waals surface area contributed by atoms with Gasteiger partial charge in [-0.2, -0.15) is 10.1 Å². The van der Waals surface area contributed by atoms with E-state index in [0.717, 1.165) is 36.0 Å². The Labute approximate surface area is 197 Å². The van der Waals surface area contributed by atoms with E-state index < -0.39 is 11.3 Å². The summed E-state index contributed by atoms with van der Waals surface area (Å²) in [6, 6.07) is 8.07. The number of hydrogen-bond donors (Lipinski definition) is 2. The summed E-state index contributed by atoms with van der Waals surface area (Å²) in [4.78, 5) is 38.8. The van der Waals surface area contributed by atoms with Gasteiger partial charge in [0.1, 0.15) is 12.4 Å². The molecule has 2 heterocycles. The number of nitrogens with zero attached hydrogens (tertiary/aromatic N) is 6. The average molecular weight is 461 g/mol. The Balaban J connectivity index is 1.52. The molecule has 1 fully saturated rings. The van der Waals surface area contributed by atoms with Crippen molar-refractivity contribution in [1.82, 2.24) is 24.6 Å². The Morgan fingerprint density at radius 1 is 1.12 bits per heavy atom. The monoisotopic (exact) mass is 460 g/mol. The molecule has 0 bridgehead atoms. The van der Waals surface area contributed by atoms with E-state index >= 15 is 0 Å². The zero-order valence-corrected chi connectivity index (χ0v) is 19.5. The van der Waals surface area contributed by atoms with E-state index in [0.29, 0.717) is 17.3 Å². The molecular formula is C24H28N8O2. The van der Waals surface area contributed by atoms with E-state index in [9.17, 15) is 9.59 Å². The fraction of sp³-hybridized carbons (Fsp3) is 0.333. The second-order valence-electron chi connectivity index (χ2n) is 8.58. The van der Waals surface area contributed by atoms with Gasteiger partial charge < -0.3 is 16.0 Å². The van der Waals surface area contributed by atoms with Crippen LogP contribution in [0.3, 0.4) is 0 Å². The summed E-state index contributed by atoms with van der Waals surface area (Å²) in [5.74, 6) is 0.282. The maximum Gasteiger partial charge on any atom is 0.281 e. The zero-order chi connectivity index (χ0) is 24.3. The molecule has 1 aromatic carbocycles. The molecule has 3 N–H and O–H groups in total. The lowest BCUT2D eigenvalue weighted by atomic mass is 9.63. The summed E-state index contributed by atoms with van der Waals surface area (Å²) < 4.78 is 1.42. The van der Waals surface area contributed by atoms with Crippen molar-refractivity contribution in [2.45, 2.75) is 31.2 Å². The van der Waals surface area contributed by atoms with Crippen molar-refractivity contribution in [2.24, 2.45) is 10.7 Å². The molecule has 10 nitrogen and oxygen atoms in total. The van der Waals surface area contributed by atoms with E-state index in [1.165, 1.54) is 22.0 Å². The lowest BCUT2D eigenvalue weighted by Gasteiger charge is -2.41. The van der Waals surface area contributed by atoms with Gasteiger partial charge in [0.2, 0.25) is 11.9 Å². The normalized spacial score (nSPS) is 14.9. The largest absolute Gasteiger partial charge is 0.386 e. The molecule has 176 valence electrons. The van der Waals surface area contributed by atoms with Crippen LogP contribution in [0.25, 0.3) is 11.1 Å². The van der Waals surface area contributed by atoms with Gasteiger partial charge in [-0.3, -0.25) is 14.3 Å². The van der Waals surface area contributed by atoms with E-state index in [4.69, 9.17) is 5.73 Å². The number of likely N-dealkylation sites (N-methyl/N-ethyl adjacent to an activating group) is 1. The second kappa shape index (κ2) is 9.42. The van der Waals surface area contributed by atoms with Gasteiger partial charge in [-0.05, 0) is 24.0 Å². The van der Waals surface area contributed by atoms with E-state index in [1.807, 2.05) is 24.3 Å². The zero-order valence-electron chi connectivity index (χ0n) is 19.5. The molecule has 0 aliphatic heterocycles. The first-order valence-electron chi connectivity index (χ1n) is 11.0. The van der Waals surface area contributed by atoms with Crippen LogP contribution >= 0.6 is 0 Å². The third-order valence-electron chi connectivity index (χ3n) is 6.24. The van der Waals surface area contributed by atoms with Gasteiger partial charge >= 0.3 is 0 Å². The number of aromatic nitrogens is 4. The van der Waals surface area contributed by atoms with Crippen molar-refractivity contribution in [3.8, 4) is 11.1 Å². The number of benzene rings is 1. The number of amidine groups is 1. The number of rotatable bonds is 7. The minimum atomic E-state index is -0.467. The Kier molecular flexibility index (Phi) is 6.40. The summed E-state index contributed by atoms with van der Waals surface area (Å²) in [5, 5.41) is 7.00. The minimum absolute atomic E-state index is 0.0541. The standard InChI is InChI=1S/C24H28N8O2/c1-26-23-27-11-17(12-28-23)16-5-7-19(8-6-16)24(9-4-10-24)22(25)30-21(34)18-13-29-32(14-18)15-20(33)31(2)3/h5-8,11-14H,4,9-10,15H2,1-3H3,(H2,25,30,34)(H,26,27,28). The predicted molar refractivity (Wildman–Crippen MR) is 129 cm³/mol. The first-order chi connectivity index (χ1) is 16.3. The second-order valence-corrected chi connectivity index (χ2v) is 8.58. The van der Waals surface area contributed by atoms with Gasteiger partial charge in [0.25, 0.3) is 5.91 Å². The molecule has 0 saturated heterocycles. The van der Waals surface area contributed by atoms with Crippen LogP contribution in [0.1, 0.15) is 35.2 Å². The van der Waals surface area contributed by atoms with Crippen molar-refractivity contribution < 1.29 is 9.59 Å². The number of carbonyl (C=O) groups excluding carboxylic acids is 2. The summed E-state index contributed by atoms with van der Waals surface area (Å²) in [7, 11) is 5.11. The highest BCUT2D eigenvalue weighted by atomic mass is 16.2. The molecule has 2 aromatic heterocycles. The Morgan fingerprint density at radius 3 is 2.35 bits per heavy atom. The van der Waals surface area contributed by atoms with Crippen molar-refractivity contribution in [3.63, 3.8) is 0 Å². The van der Waals surface area contributed by atoms with Crippen LogP contribution in [0.15, 0.2) is 54.0 Å². The molecule has 3 aromatic rings. The maximum atomic E-state index is 12.8. The fourth-order valence-corrected chi connectivity index (χ4v) is 3.93. The molecule has 10 heteroatoms. The van der Waals surface area contributed by atoms with Gasteiger partial charge in [0.05, 0.1) is 17.2 Å². The van der Waals surface area contributed by atoms with Crippen LogP contribution in [0, 0.1) is 0 Å². The molecule has 0 atom stereocenters. The van der Waals surface area contributed by atoms with Crippen LogP contribution in [-0.2, 0) is 16.8 Å².